The minimum absolute atomic E-state index is 0.0968. The highest BCUT2D eigenvalue weighted by Crippen LogP contribution is 2.28. The van der Waals surface area contributed by atoms with E-state index in [1.807, 2.05) is 0 Å². The Kier molecular flexibility index (Phi) is 2.91. The highest BCUT2D eigenvalue weighted by molar-refractivity contribution is 7.86. The SMILES string of the molecule is CC1(C)COCC(C)(CS(=O)(=O)F)O1. The number of ether oxygens (including phenoxy) is 2. The van der Waals surface area contributed by atoms with Gasteiger partial charge in [-0.05, 0) is 20.8 Å². The molecule has 84 valence electrons. The van der Waals surface area contributed by atoms with E-state index in [9.17, 15) is 12.3 Å². The summed E-state index contributed by atoms with van der Waals surface area (Å²) in [5, 5.41) is 0. The van der Waals surface area contributed by atoms with Gasteiger partial charge in [-0.3, -0.25) is 0 Å². The Morgan fingerprint density at radius 1 is 1.29 bits per heavy atom. The van der Waals surface area contributed by atoms with Crippen molar-refractivity contribution in [3.05, 3.63) is 0 Å². The molecule has 0 saturated carbocycles. The molecule has 0 amide bonds. The lowest BCUT2D eigenvalue weighted by Crippen LogP contribution is -2.53. The van der Waals surface area contributed by atoms with Gasteiger partial charge >= 0.3 is 10.2 Å². The average molecular weight is 226 g/mol. The average Bonchev–Trinajstić information content (AvgIpc) is 1.75. The molecule has 0 aromatic heterocycles. The van der Waals surface area contributed by atoms with Crippen molar-refractivity contribution in [2.75, 3.05) is 19.0 Å². The van der Waals surface area contributed by atoms with E-state index in [0.29, 0.717) is 6.61 Å². The number of hydrogen-bond acceptors (Lipinski definition) is 4. The molecular formula is C8H15FO4S. The first-order valence-corrected chi connectivity index (χ1v) is 5.88. The molecule has 0 aliphatic carbocycles. The summed E-state index contributed by atoms with van der Waals surface area (Å²) in [4.78, 5) is 0. The first-order chi connectivity index (χ1) is 6.12. The first kappa shape index (κ1) is 11.9. The number of rotatable bonds is 2. The zero-order valence-corrected chi connectivity index (χ0v) is 9.36. The molecule has 0 aromatic carbocycles. The van der Waals surface area contributed by atoms with Crippen molar-refractivity contribution < 1.29 is 21.8 Å². The lowest BCUT2D eigenvalue weighted by Gasteiger charge is -2.42. The number of halogens is 1. The van der Waals surface area contributed by atoms with Crippen LogP contribution in [0.4, 0.5) is 3.89 Å². The molecule has 4 nitrogen and oxygen atoms in total. The van der Waals surface area contributed by atoms with Gasteiger partial charge < -0.3 is 9.47 Å². The second-order valence-corrected chi connectivity index (χ2v) is 5.85. The van der Waals surface area contributed by atoms with Gasteiger partial charge in [-0.15, -0.1) is 3.89 Å². The Morgan fingerprint density at radius 2 is 1.86 bits per heavy atom. The maximum atomic E-state index is 12.5. The van der Waals surface area contributed by atoms with Crippen molar-refractivity contribution in [3.8, 4) is 0 Å². The topological polar surface area (TPSA) is 52.6 Å². The van der Waals surface area contributed by atoms with E-state index in [1.54, 1.807) is 13.8 Å². The maximum Gasteiger partial charge on any atom is 0.305 e. The second kappa shape index (κ2) is 3.43. The molecule has 1 aliphatic rings. The van der Waals surface area contributed by atoms with E-state index in [2.05, 4.69) is 0 Å². The van der Waals surface area contributed by atoms with Crippen molar-refractivity contribution in [2.24, 2.45) is 0 Å². The van der Waals surface area contributed by atoms with Gasteiger partial charge in [0.2, 0.25) is 0 Å². The molecule has 0 radical (unpaired) electrons. The summed E-state index contributed by atoms with van der Waals surface area (Å²) >= 11 is 0. The summed E-state index contributed by atoms with van der Waals surface area (Å²) in [5.74, 6) is -0.663. The van der Waals surface area contributed by atoms with Crippen LogP contribution >= 0.6 is 0 Å². The van der Waals surface area contributed by atoms with Crippen molar-refractivity contribution in [3.63, 3.8) is 0 Å². The summed E-state index contributed by atoms with van der Waals surface area (Å²) in [6.45, 7) is 5.56. The first-order valence-electron chi connectivity index (χ1n) is 4.32. The van der Waals surface area contributed by atoms with Crippen LogP contribution in [0.3, 0.4) is 0 Å². The predicted molar refractivity (Wildman–Crippen MR) is 49.3 cm³/mol. The third-order valence-electron chi connectivity index (χ3n) is 1.86. The third kappa shape index (κ3) is 3.51. The van der Waals surface area contributed by atoms with E-state index in [1.165, 1.54) is 6.92 Å². The summed E-state index contributed by atoms with van der Waals surface area (Å²) in [7, 11) is -4.54. The second-order valence-electron chi connectivity index (χ2n) is 4.49. The fraction of sp³-hybridized carbons (Fsp3) is 1.00. The van der Waals surface area contributed by atoms with Gasteiger partial charge in [-0.25, -0.2) is 0 Å². The molecule has 1 rings (SSSR count). The molecule has 0 aromatic rings. The van der Waals surface area contributed by atoms with E-state index in [-0.39, 0.29) is 6.61 Å². The Morgan fingerprint density at radius 3 is 2.29 bits per heavy atom. The Labute approximate surface area is 83.6 Å². The molecule has 0 N–H and O–H groups in total. The van der Waals surface area contributed by atoms with E-state index >= 15 is 0 Å². The fourth-order valence-electron chi connectivity index (χ4n) is 1.67. The molecule has 1 atom stereocenters. The third-order valence-corrected chi connectivity index (χ3v) is 2.81. The zero-order chi connectivity index (χ0) is 11.0. The van der Waals surface area contributed by atoms with Gasteiger partial charge in [0.25, 0.3) is 0 Å². The molecule has 0 bridgehead atoms. The molecule has 0 spiro atoms. The predicted octanol–water partition coefficient (Wildman–Crippen LogP) is 0.870. The monoisotopic (exact) mass is 226 g/mol. The van der Waals surface area contributed by atoms with Crippen molar-refractivity contribution >= 4 is 10.2 Å². The molecule has 14 heavy (non-hydrogen) atoms. The van der Waals surface area contributed by atoms with Crippen LogP contribution in [0.5, 0.6) is 0 Å². The molecule has 1 fully saturated rings. The maximum absolute atomic E-state index is 12.5. The van der Waals surface area contributed by atoms with Crippen molar-refractivity contribution in [1.82, 2.24) is 0 Å². The largest absolute Gasteiger partial charge is 0.375 e. The molecule has 1 unspecified atom stereocenters. The standard InChI is InChI=1S/C8H15FO4S/c1-7(2)4-12-5-8(3,13-7)6-14(9,10)11/h4-6H2,1-3H3. The van der Waals surface area contributed by atoms with Crippen LogP contribution in [-0.2, 0) is 19.7 Å². The van der Waals surface area contributed by atoms with Crippen LogP contribution < -0.4 is 0 Å². The normalized spacial score (nSPS) is 32.9. The van der Waals surface area contributed by atoms with Gasteiger partial charge in [0, 0.05) is 0 Å². The minimum Gasteiger partial charge on any atom is -0.375 e. The quantitative estimate of drug-likeness (QED) is 0.656. The van der Waals surface area contributed by atoms with Gasteiger partial charge in [0.15, 0.2) is 0 Å². The van der Waals surface area contributed by atoms with E-state index in [4.69, 9.17) is 9.47 Å². The van der Waals surface area contributed by atoms with Crippen LogP contribution in [0.25, 0.3) is 0 Å². The van der Waals surface area contributed by atoms with Crippen molar-refractivity contribution in [1.29, 1.82) is 0 Å². The summed E-state index contributed by atoms with van der Waals surface area (Å²) in [5.41, 5.74) is -1.66. The molecule has 1 heterocycles. The van der Waals surface area contributed by atoms with Crippen LogP contribution in [0.2, 0.25) is 0 Å². The summed E-state index contributed by atoms with van der Waals surface area (Å²) in [6.07, 6.45) is 0. The lowest BCUT2D eigenvalue weighted by atomic mass is 10.0. The van der Waals surface area contributed by atoms with E-state index < -0.39 is 27.2 Å². The zero-order valence-electron chi connectivity index (χ0n) is 8.54. The molecular weight excluding hydrogens is 211 g/mol. The van der Waals surface area contributed by atoms with Gasteiger partial charge in [-0.1, -0.05) is 0 Å². The minimum atomic E-state index is -4.54. The molecule has 6 heteroatoms. The van der Waals surface area contributed by atoms with Gasteiger partial charge in [0.05, 0.1) is 18.8 Å². The smallest absolute Gasteiger partial charge is 0.305 e. The summed E-state index contributed by atoms with van der Waals surface area (Å²) < 4.78 is 44.2. The van der Waals surface area contributed by atoms with E-state index in [0.717, 1.165) is 0 Å². The molecule has 1 saturated heterocycles. The fourth-order valence-corrected chi connectivity index (χ4v) is 2.55. The number of hydrogen-bond donors (Lipinski definition) is 0. The highest BCUT2D eigenvalue weighted by Gasteiger charge is 2.41. The molecule has 1 aliphatic heterocycles. The Balaban J connectivity index is 2.75. The summed E-state index contributed by atoms with van der Waals surface area (Å²) in [6, 6.07) is 0. The van der Waals surface area contributed by atoms with Crippen LogP contribution in [0.15, 0.2) is 0 Å². The van der Waals surface area contributed by atoms with Crippen molar-refractivity contribution in [2.45, 2.75) is 32.0 Å². The van der Waals surface area contributed by atoms with Crippen LogP contribution in [0, 0.1) is 0 Å². The van der Waals surface area contributed by atoms with Crippen LogP contribution in [-0.4, -0.2) is 38.6 Å². The Hall–Kier alpha value is -0.200. The Bertz CT molecular complexity index is 311. The lowest BCUT2D eigenvalue weighted by molar-refractivity contribution is -0.220. The van der Waals surface area contributed by atoms with Gasteiger partial charge in [-0.2, -0.15) is 8.42 Å². The van der Waals surface area contributed by atoms with Gasteiger partial charge in [0.1, 0.15) is 11.4 Å². The van der Waals surface area contributed by atoms with Crippen LogP contribution in [0.1, 0.15) is 20.8 Å². The highest BCUT2D eigenvalue weighted by atomic mass is 32.3.